The molecule has 1 aliphatic rings. The normalized spacial score (nSPS) is 13.9. The van der Waals surface area contributed by atoms with Crippen molar-refractivity contribution in [3.63, 3.8) is 0 Å². The number of benzene rings is 1. The maximum Gasteiger partial charge on any atom is 0.277 e. The highest BCUT2D eigenvalue weighted by Gasteiger charge is 2.22. The standard InChI is InChI=1S/C25H32N6O5/c1-4-17-9-18(7-14(2)22(17)35-13-19(33)11-26-21(34)12-32)23-30-24(36-31-23)20-8-15(3)28-25(29-20)27-10-16-5-6-16/h7-9,16,19,32-33H,4-6,10-13H2,1-3H3,(H,26,34)(H,27,28,29). The van der Waals surface area contributed by atoms with E-state index in [0.29, 0.717) is 41.4 Å². The lowest BCUT2D eigenvalue weighted by molar-refractivity contribution is -0.124. The number of amides is 1. The van der Waals surface area contributed by atoms with Crippen molar-refractivity contribution in [1.82, 2.24) is 25.4 Å². The largest absolute Gasteiger partial charge is 0.490 e. The summed E-state index contributed by atoms with van der Waals surface area (Å²) >= 11 is 0. The molecule has 1 fully saturated rings. The number of hydrogen-bond donors (Lipinski definition) is 4. The Bertz CT molecular complexity index is 1210. The third-order valence-corrected chi connectivity index (χ3v) is 5.83. The van der Waals surface area contributed by atoms with E-state index < -0.39 is 18.6 Å². The van der Waals surface area contributed by atoms with E-state index in [-0.39, 0.29) is 13.2 Å². The first kappa shape index (κ1) is 25.5. The predicted octanol–water partition coefficient (Wildman–Crippen LogP) is 2.04. The van der Waals surface area contributed by atoms with Gasteiger partial charge >= 0.3 is 0 Å². The molecule has 1 unspecified atom stereocenters. The van der Waals surface area contributed by atoms with Crippen molar-refractivity contribution in [3.05, 3.63) is 35.0 Å². The topological polar surface area (TPSA) is 156 Å². The minimum Gasteiger partial charge on any atom is -0.490 e. The lowest BCUT2D eigenvalue weighted by atomic mass is 10.0. The Kier molecular flexibility index (Phi) is 8.11. The van der Waals surface area contributed by atoms with Gasteiger partial charge in [-0.05, 0) is 68.4 Å². The first-order valence-electron chi connectivity index (χ1n) is 12.1. The van der Waals surface area contributed by atoms with Gasteiger partial charge in [0, 0.05) is 24.3 Å². The second-order valence-corrected chi connectivity index (χ2v) is 9.03. The molecule has 1 aromatic carbocycles. The second kappa shape index (κ2) is 11.4. The van der Waals surface area contributed by atoms with E-state index in [9.17, 15) is 9.90 Å². The van der Waals surface area contributed by atoms with Crippen LogP contribution in [0.1, 0.15) is 36.6 Å². The molecule has 1 atom stereocenters. The van der Waals surface area contributed by atoms with Crippen LogP contribution in [0.5, 0.6) is 5.75 Å². The molecule has 0 bridgehead atoms. The van der Waals surface area contributed by atoms with Gasteiger partial charge in [0.15, 0.2) is 0 Å². The SMILES string of the molecule is CCc1cc(-c2noc(-c3cc(C)nc(NCC4CC4)n3)n2)cc(C)c1OCC(O)CNC(=O)CO. The smallest absolute Gasteiger partial charge is 0.277 e. The van der Waals surface area contributed by atoms with E-state index in [1.165, 1.54) is 12.8 Å². The molecule has 2 aromatic heterocycles. The number of carbonyl (C=O) groups is 1. The molecule has 2 heterocycles. The number of aromatic nitrogens is 4. The average Bonchev–Trinajstić information content (AvgIpc) is 3.57. The monoisotopic (exact) mass is 496 g/mol. The van der Waals surface area contributed by atoms with Crippen LogP contribution in [-0.4, -0.2) is 68.6 Å². The first-order chi connectivity index (χ1) is 17.4. The highest BCUT2D eigenvalue weighted by atomic mass is 16.5. The predicted molar refractivity (Wildman–Crippen MR) is 132 cm³/mol. The highest BCUT2D eigenvalue weighted by Crippen LogP contribution is 2.32. The number of rotatable bonds is 12. The Hall–Kier alpha value is -3.57. The van der Waals surface area contributed by atoms with Gasteiger partial charge in [-0.1, -0.05) is 12.1 Å². The Morgan fingerprint density at radius 2 is 2.03 bits per heavy atom. The summed E-state index contributed by atoms with van der Waals surface area (Å²) in [6.07, 6.45) is 2.26. The number of nitrogens with zero attached hydrogens (tertiary/aromatic N) is 4. The Labute approximate surface area is 209 Å². The minimum absolute atomic E-state index is 0.00453. The van der Waals surface area contributed by atoms with Gasteiger partial charge in [0.1, 0.15) is 30.8 Å². The number of aryl methyl sites for hydroxylation is 3. The molecule has 0 saturated heterocycles. The zero-order valence-electron chi connectivity index (χ0n) is 20.7. The number of anilines is 1. The van der Waals surface area contributed by atoms with Crippen LogP contribution in [0.25, 0.3) is 23.0 Å². The van der Waals surface area contributed by atoms with Crippen molar-refractivity contribution >= 4 is 11.9 Å². The quantitative estimate of drug-likeness (QED) is 0.293. The summed E-state index contributed by atoms with van der Waals surface area (Å²) in [4.78, 5) is 24.7. The molecule has 3 aromatic rings. The number of aliphatic hydroxyl groups is 2. The van der Waals surface area contributed by atoms with Crippen molar-refractivity contribution in [2.75, 3.05) is 31.6 Å². The fourth-order valence-electron chi connectivity index (χ4n) is 3.73. The molecule has 192 valence electrons. The molecule has 4 N–H and O–H groups in total. The third kappa shape index (κ3) is 6.55. The van der Waals surface area contributed by atoms with Gasteiger partial charge in [-0.25, -0.2) is 9.97 Å². The Balaban J connectivity index is 1.48. The number of nitrogens with one attached hydrogen (secondary N) is 2. The van der Waals surface area contributed by atoms with Crippen molar-refractivity contribution in [2.24, 2.45) is 5.92 Å². The summed E-state index contributed by atoms with van der Waals surface area (Å²) in [7, 11) is 0. The molecule has 36 heavy (non-hydrogen) atoms. The van der Waals surface area contributed by atoms with Gasteiger partial charge in [0.05, 0.1) is 0 Å². The fourth-order valence-corrected chi connectivity index (χ4v) is 3.73. The summed E-state index contributed by atoms with van der Waals surface area (Å²) < 4.78 is 11.4. The molecule has 0 radical (unpaired) electrons. The summed E-state index contributed by atoms with van der Waals surface area (Å²) in [5, 5.41) is 28.7. The van der Waals surface area contributed by atoms with Gasteiger partial charge in [-0.15, -0.1) is 0 Å². The number of carbonyl (C=O) groups excluding carboxylic acids is 1. The molecule has 1 saturated carbocycles. The third-order valence-electron chi connectivity index (χ3n) is 5.83. The van der Waals surface area contributed by atoms with E-state index in [1.54, 1.807) is 0 Å². The van der Waals surface area contributed by atoms with Crippen LogP contribution in [-0.2, 0) is 11.2 Å². The molecule has 0 aliphatic heterocycles. The summed E-state index contributed by atoms with van der Waals surface area (Å²) in [6.45, 7) is 6.04. The molecule has 0 spiro atoms. The van der Waals surface area contributed by atoms with Crippen LogP contribution in [0.3, 0.4) is 0 Å². The van der Waals surface area contributed by atoms with Gasteiger partial charge in [0.2, 0.25) is 17.7 Å². The van der Waals surface area contributed by atoms with E-state index in [4.69, 9.17) is 14.4 Å². The molecule has 4 rings (SSSR count). The van der Waals surface area contributed by atoms with E-state index in [1.807, 2.05) is 39.0 Å². The Morgan fingerprint density at radius 3 is 2.75 bits per heavy atom. The van der Waals surface area contributed by atoms with Gasteiger partial charge in [-0.3, -0.25) is 4.79 Å². The summed E-state index contributed by atoms with van der Waals surface area (Å²) in [5.74, 6) is 2.12. The Morgan fingerprint density at radius 1 is 1.22 bits per heavy atom. The van der Waals surface area contributed by atoms with Gasteiger partial charge < -0.3 is 30.1 Å². The lowest BCUT2D eigenvalue weighted by Crippen LogP contribution is -2.36. The maximum absolute atomic E-state index is 11.2. The molecule has 11 nitrogen and oxygen atoms in total. The van der Waals surface area contributed by atoms with Gasteiger partial charge in [0.25, 0.3) is 5.89 Å². The molecule has 11 heteroatoms. The van der Waals surface area contributed by atoms with Crippen molar-refractivity contribution in [3.8, 4) is 28.7 Å². The summed E-state index contributed by atoms with van der Waals surface area (Å²) in [5.41, 5.74) is 3.93. The molecular formula is C25H32N6O5. The van der Waals surface area contributed by atoms with Crippen LogP contribution in [0, 0.1) is 19.8 Å². The van der Waals surface area contributed by atoms with Crippen molar-refractivity contribution in [1.29, 1.82) is 0 Å². The summed E-state index contributed by atoms with van der Waals surface area (Å²) in [6, 6.07) is 5.65. The molecule has 1 aliphatic carbocycles. The average molecular weight is 497 g/mol. The first-order valence-corrected chi connectivity index (χ1v) is 12.1. The zero-order valence-corrected chi connectivity index (χ0v) is 20.7. The van der Waals surface area contributed by atoms with E-state index >= 15 is 0 Å². The number of ether oxygens (including phenoxy) is 1. The number of aliphatic hydroxyl groups excluding tert-OH is 2. The van der Waals surface area contributed by atoms with Crippen molar-refractivity contribution in [2.45, 2.75) is 46.1 Å². The van der Waals surface area contributed by atoms with Crippen LogP contribution in [0.4, 0.5) is 5.95 Å². The maximum atomic E-state index is 11.2. The zero-order chi connectivity index (χ0) is 25.7. The number of hydrogen-bond acceptors (Lipinski definition) is 10. The second-order valence-electron chi connectivity index (χ2n) is 9.03. The minimum atomic E-state index is -0.913. The fraction of sp³-hybridized carbons (Fsp3) is 0.480. The van der Waals surface area contributed by atoms with Crippen LogP contribution >= 0.6 is 0 Å². The highest BCUT2D eigenvalue weighted by molar-refractivity contribution is 5.76. The van der Waals surface area contributed by atoms with E-state index in [2.05, 4.69) is 30.7 Å². The van der Waals surface area contributed by atoms with Crippen LogP contribution < -0.4 is 15.4 Å². The molecular weight excluding hydrogens is 464 g/mol. The molecule has 1 amide bonds. The van der Waals surface area contributed by atoms with Crippen LogP contribution in [0.2, 0.25) is 0 Å². The lowest BCUT2D eigenvalue weighted by Gasteiger charge is -2.17. The van der Waals surface area contributed by atoms with Gasteiger partial charge in [-0.2, -0.15) is 4.98 Å². The van der Waals surface area contributed by atoms with Crippen LogP contribution in [0.15, 0.2) is 22.7 Å². The van der Waals surface area contributed by atoms with E-state index in [0.717, 1.165) is 28.9 Å². The van der Waals surface area contributed by atoms with Crippen molar-refractivity contribution < 1.29 is 24.3 Å².